The van der Waals surface area contributed by atoms with Crippen molar-refractivity contribution < 1.29 is 0 Å². The fraction of sp³-hybridized carbons (Fsp3) is 0. The Morgan fingerprint density at radius 1 is 1.00 bits per heavy atom. The monoisotopic (exact) mass is 274 g/mol. The summed E-state index contributed by atoms with van der Waals surface area (Å²) in [6, 6.07) is 14.1. The molecule has 0 amide bonds. The molecule has 0 saturated heterocycles. The first-order valence-electron chi connectivity index (χ1n) is 5.00. The number of hydrogen-bond donors (Lipinski definition) is 2. The van der Waals surface area contributed by atoms with E-state index in [0.717, 1.165) is 5.69 Å². The molecule has 1 aliphatic heterocycles. The Balaban J connectivity index is 2.46. The predicted molar refractivity (Wildman–Crippen MR) is 67.8 cm³/mol. The first kappa shape index (κ1) is 9.64. The molecule has 0 unspecified atom stereocenters. The molecule has 78 valence electrons. The van der Waals surface area contributed by atoms with Crippen LogP contribution in [0.3, 0.4) is 0 Å². The van der Waals surface area contributed by atoms with Crippen LogP contribution in [0, 0.1) is 5.41 Å². The maximum absolute atomic E-state index is 7.63. The van der Waals surface area contributed by atoms with Crippen LogP contribution in [0.25, 0.3) is 19.6 Å². The van der Waals surface area contributed by atoms with E-state index in [-0.39, 0.29) is 14.5 Å². The Morgan fingerprint density at radius 3 is 2.75 bits per heavy atom. The Kier molecular flexibility index (Phi) is 2.09. The van der Waals surface area contributed by atoms with E-state index in [1.165, 1.54) is 19.6 Å². The quantitative estimate of drug-likeness (QED) is 0.367. The van der Waals surface area contributed by atoms with Crippen molar-refractivity contribution in [3.05, 3.63) is 47.8 Å². The van der Waals surface area contributed by atoms with Gasteiger partial charge in [-0.2, -0.15) is 0 Å². The third kappa shape index (κ3) is 1.54. The van der Waals surface area contributed by atoms with Crippen molar-refractivity contribution in [2.45, 2.75) is 0 Å². The molecule has 2 aliphatic rings. The Morgan fingerprint density at radius 2 is 1.88 bits per heavy atom. The molecule has 1 aliphatic carbocycles. The summed E-state index contributed by atoms with van der Waals surface area (Å²) >= 11 is 0.270. The second-order valence-corrected chi connectivity index (χ2v) is 6.07. The van der Waals surface area contributed by atoms with Gasteiger partial charge in [0.15, 0.2) is 0 Å². The summed E-state index contributed by atoms with van der Waals surface area (Å²) in [7, 11) is 0. The molecule has 1 aromatic rings. The number of benzene rings is 2. The van der Waals surface area contributed by atoms with Crippen LogP contribution in [-0.2, 0) is 0 Å². The van der Waals surface area contributed by atoms with Gasteiger partial charge >= 0.3 is 98.8 Å². The molecule has 0 spiro atoms. The second-order valence-electron chi connectivity index (χ2n) is 3.80. The van der Waals surface area contributed by atoms with Gasteiger partial charge in [0.05, 0.1) is 0 Å². The molecule has 2 nitrogen and oxygen atoms in total. The van der Waals surface area contributed by atoms with Crippen LogP contribution in [-0.4, -0.2) is 14.5 Å². The van der Waals surface area contributed by atoms with Crippen molar-refractivity contribution in [3.8, 4) is 10.0 Å². The van der Waals surface area contributed by atoms with Gasteiger partial charge in [-0.1, -0.05) is 0 Å². The summed E-state index contributed by atoms with van der Waals surface area (Å²) in [5.41, 5.74) is 7.85. The molecule has 16 heavy (non-hydrogen) atoms. The van der Waals surface area contributed by atoms with Gasteiger partial charge in [-0.25, -0.2) is 0 Å². The van der Waals surface area contributed by atoms with Gasteiger partial charge in [-0.05, 0) is 0 Å². The summed E-state index contributed by atoms with van der Waals surface area (Å²) in [4.78, 5) is 0. The van der Waals surface area contributed by atoms with Crippen LogP contribution in [0.4, 0.5) is 5.69 Å². The topological polar surface area (TPSA) is 49.9 Å². The van der Waals surface area contributed by atoms with Gasteiger partial charge in [0, 0.05) is 0 Å². The molecule has 1 aromatic carbocycles. The molecule has 0 bridgehead atoms. The van der Waals surface area contributed by atoms with E-state index in [2.05, 4.69) is 12.1 Å². The number of nitrogens with two attached hydrogens (primary N) is 1. The third-order valence-corrected chi connectivity index (χ3v) is 4.99. The van der Waals surface area contributed by atoms with Crippen molar-refractivity contribution in [2.24, 2.45) is 0 Å². The minimum absolute atomic E-state index is 0.270. The molecule has 0 fully saturated rings. The fourth-order valence-corrected chi connectivity index (χ4v) is 4.11. The summed E-state index contributed by atoms with van der Waals surface area (Å²) in [5.74, 6) is 0. The van der Waals surface area contributed by atoms with E-state index in [4.69, 9.17) is 11.1 Å². The van der Waals surface area contributed by atoms with Crippen molar-refractivity contribution in [2.75, 3.05) is 5.73 Å². The van der Waals surface area contributed by atoms with E-state index in [0.29, 0.717) is 5.36 Å². The molecular weight excluding hydrogens is 263 g/mol. The maximum atomic E-state index is 7.63. The molecular formula is C13H10N2Se. The Hall–Kier alpha value is -1.57. The zero-order valence-electron chi connectivity index (χ0n) is 8.53. The number of rotatable bonds is 0. The molecule has 3 rings (SSSR count). The van der Waals surface area contributed by atoms with Gasteiger partial charge in [0.25, 0.3) is 0 Å². The number of anilines is 1. The Bertz CT molecular complexity index is 700. The van der Waals surface area contributed by atoms with Crippen molar-refractivity contribution in [3.63, 3.8) is 0 Å². The number of fused-ring (bicyclic) bond motifs is 2. The van der Waals surface area contributed by atoms with Crippen molar-refractivity contribution in [1.82, 2.24) is 0 Å². The van der Waals surface area contributed by atoms with E-state index in [1.54, 1.807) is 0 Å². The normalized spacial score (nSPS) is 11.0. The fourth-order valence-electron chi connectivity index (χ4n) is 1.79. The van der Waals surface area contributed by atoms with Gasteiger partial charge in [0.2, 0.25) is 0 Å². The molecule has 1 heterocycles. The van der Waals surface area contributed by atoms with Crippen LogP contribution in [0.15, 0.2) is 42.5 Å². The average molecular weight is 273 g/mol. The van der Waals surface area contributed by atoms with Crippen LogP contribution in [0.2, 0.25) is 0 Å². The summed E-state index contributed by atoms with van der Waals surface area (Å²) < 4.78 is 2.59. The van der Waals surface area contributed by atoms with Gasteiger partial charge in [-0.15, -0.1) is 0 Å². The van der Waals surface area contributed by atoms with E-state index < -0.39 is 0 Å². The second kappa shape index (κ2) is 3.48. The molecule has 0 saturated carbocycles. The molecule has 0 atom stereocenters. The zero-order chi connectivity index (χ0) is 11.1. The standard InChI is InChI=1S/C13H10N2Se/c14-10-3-1-8-5-9-2-4-11(15)7-13(9)16-12(8)6-10/h1-7,14H,15H2. The summed E-state index contributed by atoms with van der Waals surface area (Å²) in [6.07, 6.45) is 0. The van der Waals surface area contributed by atoms with E-state index in [1.807, 2.05) is 30.3 Å². The Labute approximate surface area is 98.9 Å². The number of nitrogen functional groups attached to an aromatic ring is 1. The number of nitrogens with one attached hydrogen (secondary N) is 1. The van der Waals surface area contributed by atoms with Gasteiger partial charge in [0.1, 0.15) is 0 Å². The van der Waals surface area contributed by atoms with Crippen molar-refractivity contribution >= 4 is 29.8 Å². The molecule has 3 N–H and O–H groups in total. The SMILES string of the molecule is N=c1ccc2cc3ccc(N)cc3[se]c-2c1. The minimum atomic E-state index is 0.270. The molecule has 0 radical (unpaired) electrons. The average Bonchev–Trinajstić information content (AvgIpc) is 2.26. The predicted octanol–water partition coefficient (Wildman–Crippen LogP) is 2.06. The zero-order valence-corrected chi connectivity index (χ0v) is 10.2. The van der Waals surface area contributed by atoms with Crippen LogP contribution in [0.1, 0.15) is 0 Å². The van der Waals surface area contributed by atoms with Crippen LogP contribution in [0.5, 0.6) is 0 Å². The third-order valence-electron chi connectivity index (χ3n) is 2.58. The first-order chi connectivity index (χ1) is 7.72. The van der Waals surface area contributed by atoms with E-state index >= 15 is 0 Å². The van der Waals surface area contributed by atoms with E-state index in [9.17, 15) is 0 Å². The number of hydrogen-bond acceptors (Lipinski definition) is 2. The summed E-state index contributed by atoms with van der Waals surface area (Å²) in [6.45, 7) is 0. The van der Waals surface area contributed by atoms with Crippen LogP contribution < -0.4 is 11.1 Å². The summed E-state index contributed by atoms with van der Waals surface area (Å²) in [5, 5.41) is 9.48. The van der Waals surface area contributed by atoms with Gasteiger partial charge in [-0.3, -0.25) is 0 Å². The van der Waals surface area contributed by atoms with Crippen LogP contribution >= 0.6 is 0 Å². The van der Waals surface area contributed by atoms with Gasteiger partial charge < -0.3 is 0 Å². The van der Waals surface area contributed by atoms with Crippen molar-refractivity contribution in [1.29, 1.82) is 5.41 Å². The molecule has 0 aromatic heterocycles. The first-order valence-corrected chi connectivity index (χ1v) is 6.71. The molecule has 3 heteroatoms.